The van der Waals surface area contributed by atoms with Gasteiger partial charge >= 0.3 is 6.36 Å². The molecule has 1 fully saturated rings. The second-order valence-corrected chi connectivity index (χ2v) is 6.19. The van der Waals surface area contributed by atoms with Crippen molar-refractivity contribution in [3.05, 3.63) is 54.1 Å². The summed E-state index contributed by atoms with van der Waals surface area (Å²) >= 11 is 0. The minimum Gasteiger partial charge on any atom is -0.406 e. The number of hydrogen-bond donors (Lipinski definition) is 0. The smallest absolute Gasteiger partial charge is 0.406 e. The van der Waals surface area contributed by atoms with Gasteiger partial charge in [-0.1, -0.05) is 11.3 Å². The van der Waals surface area contributed by atoms with Crippen LogP contribution >= 0.6 is 0 Å². The normalized spacial score (nSPS) is 14.8. The molecule has 0 atom stereocenters. The molecule has 0 bridgehead atoms. The summed E-state index contributed by atoms with van der Waals surface area (Å²) in [4.78, 5) is 15.5. The number of nitrogens with zero attached hydrogens (tertiary/aromatic N) is 7. The topological polar surface area (TPSA) is 91.0 Å². The fraction of sp³-hybridized carbons (Fsp3) is 0.312. The summed E-state index contributed by atoms with van der Waals surface area (Å²) in [5.41, 5.74) is 0.808. The molecule has 3 heterocycles. The molecule has 9 nitrogen and oxygen atoms in total. The zero-order chi connectivity index (χ0) is 19.7. The van der Waals surface area contributed by atoms with E-state index >= 15 is 0 Å². The van der Waals surface area contributed by atoms with Gasteiger partial charge in [-0.25, -0.2) is 4.68 Å². The van der Waals surface area contributed by atoms with E-state index in [1.807, 2.05) is 0 Å². The van der Waals surface area contributed by atoms with Crippen LogP contribution in [-0.2, 0) is 6.54 Å². The van der Waals surface area contributed by atoms with Gasteiger partial charge in [0.25, 0.3) is 5.91 Å². The summed E-state index contributed by atoms with van der Waals surface area (Å²) in [5, 5.41) is 16.1. The molecule has 146 valence electrons. The first kappa shape index (κ1) is 17.9. The molecule has 2 aromatic heterocycles. The molecule has 0 N–H and O–H groups in total. The SMILES string of the molecule is O=C(c1cccc(OC(F)(F)F)c1)N1CC(n2cc(Cn3nccn3)nn2)C1. The highest BCUT2D eigenvalue weighted by Crippen LogP contribution is 2.26. The first-order chi connectivity index (χ1) is 13.4. The van der Waals surface area contributed by atoms with E-state index in [9.17, 15) is 18.0 Å². The largest absolute Gasteiger partial charge is 0.573 e. The van der Waals surface area contributed by atoms with E-state index in [2.05, 4.69) is 25.2 Å². The lowest BCUT2D eigenvalue weighted by atomic mass is 10.1. The van der Waals surface area contributed by atoms with Gasteiger partial charge in [0.2, 0.25) is 0 Å². The molecule has 4 rings (SSSR count). The van der Waals surface area contributed by atoms with Crippen LogP contribution in [0.3, 0.4) is 0 Å². The predicted molar refractivity (Wildman–Crippen MR) is 87.2 cm³/mol. The van der Waals surface area contributed by atoms with Gasteiger partial charge in [-0.3, -0.25) is 4.79 Å². The molecular weight excluding hydrogens is 379 g/mol. The second-order valence-electron chi connectivity index (χ2n) is 6.19. The summed E-state index contributed by atoms with van der Waals surface area (Å²) in [6.07, 6.45) is 0.0802. The molecular formula is C16H14F3N7O2. The third-order valence-corrected chi connectivity index (χ3v) is 4.17. The number of aromatic nitrogens is 6. The Morgan fingerprint density at radius 2 is 1.96 bits per heavy atom. The first-order valence-electron chi connectivity index (χ1n) is 8.27. The van der Waals surface area contributed by atoms with Crippen LogP contribution in [0, 0.1) is 0 Å². The van der Waals surface area contributed by atoms with Crippen molar-refractivity contribution in [2.45, 2.75) is 18.9 Å². The Kier molecular flexibility index (Phi) is 4.45. The van der Waals surface area contributed by atoms with Crippen LogP contribution in [0.5, 0.6) is 5.75 Å². The van der Waals surface area contributed by atoms with Crippen molar-refractivity contribution < 1.29 is 22.7 Å². The number of carbonyl (C=O) groups is 1. The Bertz CT molecular complexity index is 965. The van der Waals surface area contributed by atoms with Crippen molar-refractivity contribution in [2.24, 2.45) is 0 Å². The number of hydrogen-bond acceptors (Lipinski definition) is 6. The highest BCUT2D eigenvalue weighted by molar-refractivity contribution is 5.95. The molecule has 3 aromatic rings. The molecule has 0 saturated carbocycles. The van der Waals surface area contributed by atoms with Gasteiger partial charge in [-0.05, 0) is 18.2 Å². The van der Waals surface area contributed by atoms with Gasteiger partial charge in [-0.2, -0.15) is 15.0 Å². The molecule has 1 aliphatic heterocycles. The van der Waals surface area contributed by atoms with Crippen molar-refractivity contribution in [3.8, 4) is 5.75 Å². The predicted octanol–water partition coefficient (Wildman–Crippen LogP) is 1.51. The number of rotatable bonds is 5. The van der Waals surface area contributed by atoms with Gasteiger partial charge in [-0.15, -0.1) is 18.3 Å². The number of ether oxygens (including phenoxy) is 1. The number of alkyl halides is 3. The van der Waals surface area contributed by atoms with Crippen molar-refractivity contribution >= 4 is 5.91 Å². The van der Waals surface area contributed by atoms with Crippen LogP contribution in [0.25, 0.3) is 0 Å². The van der Waals surface area contributed by atoms with Crippen LogP contribution < -0.4 is 4.74 Å². The second kappa shape index (κ2) is 6.94. The van der Waals surface area contributed by atoms with Crippen LogP contribution in [0.4, 0.5) is 13.2 Å². The summed E-state index contributed by atoms with van der Waals surface area (Å²) < 4.78 is 42.5. The Morgan fingerprint density at radius 3 is 2.68 bits per heavy atom. The average molecular weight is 393 g/mol. The van der Waals surface area contributed by atoms with Gasteiger partial charge in [0.1, 0.15) is 18.0 Å². The Morgan fingerprint density at radius 1 is 1.21 bits per heavy atom. The van der Waals surface area contributed by atoms with E-state index in [1.165, 1.54) is 21.8 Å². The highest BCUT2D eigenvalue weighted by atomic mass is 19.4. The van der Waals surface area contributed by atoms with Crippen molar-refractivity contribution in [1.29, 1.82) is 0 Å². The number of carbonyl (C=O) groups excluding carboxylic acids is 1. The van der Waals surface area contributed by atoms with Crippen LogP contribution in [-0.4, -0.2) is 60.2 Å². The Balaban J connectivity index is 1.35. The lowest BCUT2D eigenvalue weighted by Crippen LogP contribution is -2.50. The highest BCUT2D eigenvalue weighted by Gasteiger charge is 2.34. The summed E-state index contributed by atoms with van der Waals surface area (Å²) in [7, 11) is 0. The third kappa shape index (κ3) is 3.94. The van der Waals surface area contributed by atoms with Crippen molar-refractivity contribution in [1.82, 2.24) is 34.9 Å². The number of likely N-dealkylation sites (tertiary alicyclic amines) is 1. The van der Waals surface area contributed by atoms with E-state index in [1.54, 1.807) is 23.3 Å². The molecule has 0 spiro atoms. The lowest BCUT2D eigenvalue weighted by molar-refractivity contribution is -0.274. The average Bonchev–Trinajstić information content (AvgIpc) is 3.25. The summed E-state index contributed by atoms with van der Waals surface area (Å²) in [5.74, 6) is -0.798. The summed E-state index contributed by atoms with van der Waals surface area (Å²) in [6.45, 7) is 1.15. The van der Waals surface area contributed by atoms with E-state index in [0.717, 1.165) is 12.1 Å². The Hall–Kier alpha value is -3.44. The fourth-order valence-corrected chi connectivity index (χ4v) is 2.83. The van der Waals surface area contributed by atoms with Crippen LogP contribution in [0.2, 0.25) is 0 Å². The fourth-order valence-electron chi connectivity index (χ4n) is 2.83. The van der Waals surface area contributed by atoms with Gasteiger partial charge in [0, 0.05) is 18.7 Å². The number of amides is 1. The van der Waals surface area contributed by atoms with Gasteiger partial charge < -0.3 is 9.64 Å². The zero-order valence-electron chi connectivity index (χ0n) is 14.3. The minimum absolute atomic E-state index is 0.0506. The third-order valence-electron chi connectivity index (χ3n) is 4.17. The first-order valence-corrected chi connectivity index (χ1v) is 8.27. The maximum Gasteiger partial charge on any atom is 0.573 e. The van der Waals surface area contributed by atoms with E-state index in [-0.39, 0.29) is 17.5 Å². The molecule has 1 aromatic carbocycles. The molecule has 0 aliphatic carbocycles. The molecule has 1 amide bonds. The van der Waals surface area contributed by atoms with E-state index in [0.29, 0.717) is 25.3 Å². The molecule has 0 radical (unpaired) electrons. The van der Waals surface area contributed by atoms with Crippen molar-refractivity contribution in [3.63, 3.8) is 0 Å². The monoisotopic (exact) mass is 393 g/mol. The van der Waals surface area contributed by atoms with Crippen LogP contribution in [0.15, 0.2) is 42.9 Å². The number of halogens is 3. The van der Waals surface area contributed by atoms with Crippen molar-refractivity contribution in [2.75, 3.05) is 13.1 Å². The van der Waals surface area contributed by atoms with Gasteiger partial charge in [0.15, 0.2) is 0 Å². The lowest BCUT2D eigenvalue weighted by Gasteiger charge is -2.38. The number of benzene rings is 1. The quantitative estimate of drug-likeness (QED) is 0.653. The van der Waals surface area contributed by atoms with Gasteiger partial charge in [0.05, 0.1) is 24.6 Å². The minimum atomic E-state index is -4.81. The van der Waals surface area contributed by atoms with E-state index < -0.39 is 12.1 Å². The standard InChI is InChI=1S/C16H14F3N7O2/c17-16(18,19)28-14-3-1-2-11(6-14)15(27)24-9-13(10-24)25-7-12(22-23-25)8-26-20-4-5-21-26/h1-7,13H,8-10H2. The van der Waals surface area contributed by atoms with E-state index in [4.69, 9.17) is 0 Å². The Labute approximate surface area is 156 Å². The molecule has 28 heavy (non-hydrogen) atoms. The molecule has 1 saturated heterocycles. The van der Waals surface area contributed by atoms with Crippen LogP contribution in [0.1, 0.15) is 22.1 Å². The maximum atomic E-state index is 12.5. The maximum absolute atomic E-state index is 12.5. The molecule has 1 aliphatic rings. The molecule has 0 unspecified atom stereocenters. The summed E-state index contributed by atoms with van der Waals surface area (Å²) in [6, 6.07) is 4.97. The molecule has 12 heteroatoms. The zero-order valence-corrected chi connectivity index (χ0v) is 14.3.